The van der Waals surface area contributed by atoms with Crippen LogP contribution in [-0.2, 0) is 16.1 Å². The molecule has 1 aliphatic rings. The second kappa shape index (κ2) is 10.6. The number of benzene rings is 3. The molecule has 1 fully saturated rings. The summed E-state index contributed by atoms with van der Waals surface area (Å²) < 4.78 is 25.0. The number of para-hydroxylation sites is 1. The summed E-state index contributed by atoms with van der Waals surface area (Å²) in [6.07, 6.45) is 0. The van der Waals surface area contributed by atoms with Crippen LogP contribution in [0.2, 0.25) is 0 Å². The zero-order chi connectivity index (χ0) is 23.0. The van der Waals surface area contributed by atoms with E-state index < -0.39 is 5.97 Å². The Kier molecular flexibility index (Phi) is 7.19. The van der Waals surface area contributed by atoms with Gasteiger partial charge in [0.1, 0.15) is 18.2 Å². The first-order valence-corrected chi connectivity index (χ1v) is 10.8. The zero-order valence-corrected chi connectivity index (χ0v) is 18.2. The third-order valence-corrected chi connectivity index (χ3v) is 5.47. The second-order valence-corrected chi connectivity index (χ2v) is 7.70. The molecule has 33 heavy (non-hydrogen) atoms. The van der Waals surface area contributed by atoms with Gasteiger partial charge in [0.05, 0.1) is 11.3 Å². The average Bonchev–Trinajstić information content (AvgIpc) is 2.87. The summed E-state index contributed by atoms with van der Waals surface area (Å²) in [6, 6.07) is 23.0. The van der Waals surface area contributed by atoms with Gasteiger partial charge in [0.25, 0.3) is 5.91 Å². The van der Waals surface area contributed by atoms with Crippen LogP contribution < -0.4 is 9.64 Å². The lowest BCUT2D eigenvalue weighted by atomic mass is 10.2. The third kappa shape index (κ3) is 5.88. The molecule has 3 aromatic rings. The van der Waals surface area contributed by atoms with E-state index in [9.17, 15) is 14.0 Å². The van der Waals surface area contributed by atoms with Crippen molar-refractivity contribution in [1.82, 2.24) is 4.90 Å². The van der Waals surface area contributed by atoms with Gasteiger partial charge in [-0.1, -0.05) is 48.5 Å². The molecule has 6 nitrogen and oxygen atoms in total. The number of hydrogen-bond acceptors (Lipinski definition) is 5. The van der Waals surface area contributed by atoms with Crippen molar-refractivity contribution in [1.29, 1.82) is 0 Å². The van der Waals surface area contributed by atoms with Gasteiger partial charge in [-0.3, -0.25) is 4.79 Å². The van der Waals surface area contributed by atoms with Crippen molar-refractivity contribution in [3.63, 3.8) is 0 Å². The maximum atomic E-state index is 14.0. The Balaban J connectivity index is 1.25. The summed E-state index contributed by atoms with van der Waals surface area (Å²) in [5.41, 5.74) is 1.87. The predicted molar refractivity (Wildman–Crippen MR) is 123 cm³/mol. The number of anilines is 1. The molecule has 0 radical (unpaired) electrons. The van der Waals surface area contributed by atoms with Gasteiger partial charge in [0.2, 0.25) is 0 Å². The Morgan fingerprint density at radius 1 is 0.848 bits per heavy atom. The average molecular weight is 448 g/mol. The highest BCUT2D eigenvalue weighted by Gasteiger charge is 2.23. The lowest BCUT2D eigenvalue weighted by molar-refractivity contribution is -0.134. The number of amides is 1. The number of ether oxygens (including phenoxy) is 2. The second-order valence-electron chi connectivity index (χ2n) is 7.70. The predicted octanol–water partition coefficient (Wildman–Crippen LogP) is 3.91. The molecule has 1 aliphatic heterocycles. The van der Waals surface area contributed by atoms with E-state index in [1.807, 2.05) is 35.2 Å². The molecule has 1 saturated heterocycles. The highest BCUT2D eigenvalue weighted by molar-refractivity contribution is 5.91. The Hall–Kier alpha value is -3.87. The van der Waals surface area contributed by atoms with Crippen molar-refractivity contribution < 1.29 is 23.5 Å². The minimum Gasteiger partial charge on any atom is -0.489 e. The van der Waals surface area contributed by atoms with Gasteiger partial charge in [-0.15, -0.1) is 0 Å². The molecule has 0 aromatic heterocycles. The molecule has 0 bridgehead atoms. The quantitative estimate of drug-likeness (QED) is 0.513. The van der Waals surface area contributed by atoms with Crippen LogP contribution in [0.5, 0.6) is 5.75 Å². The summed E-state index contributed by atoms with van der Waals surface area (Å²) in [5, 5.41) is 0. The molecule has 4 rings (SSSR count). The van der Waals surface area contributed by atoms with Gasteiger partial charge < -0.3 is 19.3 Å². The molecule has 0 N–H and O–H groups in total. The van der Waals surface area contributed by atoms with E-state index in [0.29, 0.717) is 49.8 Å². The van der Waals surface area contributed by atoms with E-state index >= 15 is 0 Å². The fourth-order valence-corrected chi connectivity index (χ4v) is 3.66. The fraction of sp³-hybridized carbons (Fsp3) is 0.231. The number of esters is 1. The molecule has 3 aromatic carbocycles. The zero-order valence-electron chi connectivity index (χ0n) is 18.2. The topological polar surface area (TPSA) is 59.1 Å². The molecule has 0 unspecified atom stereocenters. The van der Waals surface area contributed by atoms with Crippen LogP contribution in [-0.4, -0.2) is 49.6 Å². The van der Waals surface area contributed by atoms with Crippen LogP contribution in [0.15, 0.2) is 78.9 Å². The van der Waals surface area contributed by atoms with Gasteiger partial charge in [0, 0.05) is 26.2 Å². The van der Waals surface area contributed by atoms with Crippen LogP contribution >= 0.6 is 0 Å². The van der Waals surface area contributed by atoms with Gasteiger partial charge in [-0.05, 0) is 35.9 Å². The van der Waals surface area contributed by atoms with Crippen molar-refractivity contribution in [2.45, 2.75) is 6.61 Å². The first-order valence-electron chi connectivity index (χ1n) is 10.8. The molecule has 1 amide bonds. The normalized spacial score (nSPS) is 13.5. The minimum atomic E-state index is -0.585. The highest BCUT2D eigenvalue weighted by atomic mass is 19.1. The number of hydrogen-bond donors (Lipinski definition) is 0. The first-order chi connectivity index (χ1) is 16.1. The standard InChI is InChI=1S/C26H25FN2O4/c27-23-11-4-5-12-24(23)28-13-15-29(16-14-28)25(30)19-33-26(31)21-9-6-10-22(17-21)32-18-20-7-2-1-3-8-20/h1-12,17H,13-16,18-19H2. The van der Waals surface area contributed by atoms with E-state index in [1.165, 1.54) is 6.07 Å². The maximum absolute atomic E-state index is 14.0. The molecule has 0 aliphatic carbocycles. The van der Waals surface area contributed by atoms with E-state index in [1.54, 1.807) is 47.4 Å². The van der Waals surface area contributed by atoms with Crippen molar-refractivity contribution in [2.24, 2.45) is 0 Å². The van der Waals surface area contributed by atoms with Gasteiger partial charge in [0.15, 0.2) is 6.61 Å². The summed E-state index contributed by atoms with van der Waals surface area (Å²) in [4.78, 5) is 28.5. The highest BCUT2D eigenvalue weighted by Crippen LogP contribution is 2.20. The van der Waals surface area contributed by atoms with Crippen molar-refractivity contribution in [3.8, 4) is 5.75 Å². The largest absolute Gasteiger partial charge is 0.489 e. The Morgan fingerprint density at radius 2 is 1.58 bits per heavy atom. The molecule has 7 heteroatoms. The van der Waals surface area contributed by atoms with E-state index in [-0.39, 0.29) is 18.3 Å². The molecule has 1 heterocycles. The lowest BCUT2D eigenvalue weighted by Crippen LogP contribution is -2.50. The van der Waals surface area contributed by atoms with E-state index in [2.05, 4.69) is 0 Å². The van der Waals surface area contributed by atoms with Gasteiger partial charge >= 0.3 is 5.97 Å². The SMILES string of the molecule is O=C(OCC(=O)N1CCN(c2ccccc2F)CC1)c1cccc(OCc2ccccc2)c1. The number of carbonyl (C=O) groups excluding carboxylic acids is 2. The number of rotatable bonds is 7. The molecule has 0 spiro atoms. The Bertz CT molecular complexity index is 1100. The van der Waals surface area contributed by atoms with Crippen molar-refractivity contribution >= 4 is 17.6 Å². The van der Waals surface area contributed by atoms with Crippen LogP contribution in [0, 0.1) is 5.82 Å². The first kappa shape index (κ1) is 22.3. The fourth-order valence-electron chi connectivity index (χ4n) is 3.66. The van der Waals surface area contributed by atoms with E-state index in [0.717, 1.165) is 5.56 Å². The number of carbonyl (C=O) groups is 2. The van der Waals surface area contributed by atoms with Crippen LogP contribution in [0.4, 0.5) is 10.1 Å². The summed E-state index contributed by atoms with van der Waals surface area (Å²) in [6.45, 7) is 1.95. The smallest absolute Gasteiger partial charge is 0.338 e. The number of halogens is 1. The van der Waals surface area contributed by atoms with Crippen LogP contribution in [0.25, 0.3) is 0 Å². The van der Waals surface area contributed by atoms with Gasteiger partial charge in [-0.2, -0.15) is 0 Å². The van der Waals surface area contributed by atoms with Crippen molar-refractivity contribution in [2.75, 3.05) is 37.7 Å². The Morgan fingerprint density at radius 3 is 2.33 bits per heavy atom. The monoisotopic (exact) mass is 448 g/mol. The third-order valence-electron chi connectivity index (χ3n) is 5.47. The molecule has 0 atom stereocenters. The lowest BCUT2D eigenvalue weighted by Gasteiger charge is -2.36. The molecular weight excluding hydrogens is 423 g/mol. The molecule has 0 saturated carbocycles. The number of nitrogens with zero attached hydrogens (tertiary/aromatic N) is 2. The minimum absolute atomic E-state index is 0.270. The van der Waals surface area contributed by atoms with Crippen molar-refractivity contribution in [3.05, 3.63) is 95.8 Å². The van der Waals surface area contributed by atoms with E-state index in [4.69, 9.17) is 9.47 Å². The molecule has 170 valence electrons. The molecular formula is C26H25FN2O4. The summed E-state index contributed by atoms with van der Waals surface area (Å²) in [5.74, 6) is -0.586. The van der Waals surface area contributed by atoms with Crippen LogP contribution in [0.3, 0.4) is 0 Å². The van der Waals surface area contributed by atoms with Crippen LogP contribution in [0.1, 0.15) is 15.9 Å². The number of piperazine rings is 1. The van der Waals surface area contributed by atoms with Gasteiger partial charge in [-0.25, -0.2) is 9.18 Å². The maximum Gasteiger partial charge on any atom is 0.338 e. The summed E-state index contributed by atoms with van der Waals surface area (Å²) >= 11 is 0. The Labute approximate surface area is 192 Å². The summed E-state index contributed by atoms with van der Waals surface area (Å²) in [7, 11) is 0.